The molecule has 0 aliphatic carbocycles. The first-order valence-electron chi connectivity index (χ1n) is 11.1. The highest BCUT2D eigenvalue weighted by atomic mass is 15.5. The van der Waals surface area contributed by atoms with E-state index < -0.39 is 16.2 Å². The average molecular weight is 541 g/mol. The second-order valence-electron chi connectivity index (χ2n) is 9.29. The van der Waals surface area contributed by atoms with Gasteiger partial charge in [-0.3, -0.25) is 0 Å². The van der Waals surface area contributed by atoms with Crippen molar-refractivity contribution in [3.05, 3.63) is 34.9 Å². The predicted octanol–water partition coefficient (Wildman–Crippen LogP) is -2.88. The molecule has 24 nitrogen and oxygen atoms in total. The summed E-state index contributed by atoms with van der Waals surface area (Å²) in [5.74, 6) is 3.22. The van der Waals surface area contributed by atoms with Crippen LogP contribution in [-0.4, -0.2) is 124 Å². The number of nitrogens with one attached hydrogen (secondary N) is 6. The number of nitrogens with zero attached hydrogens (tertiary/aromatic N) is 18. The van der Waals surface area contributed by atoms with E-state index in [0.29, 0.717) is 34.9 Å². The van der Waals surface area contributed by atoms with E-state index in [1.165, 1.54) is 0 Å². The molecule has 24 heteroatoms. The first-order valence-corrected chi connectivity index (χ1v) is 11.1. The molecule has 0 aromatic carbocycles. The molecule has 0 bridgehead atoms. The Morgan fingerprint density at radius 2 is 0.462 bits per heavy atom. The fraction of sp³-hybridized carbons (Fsp3) is 0.600. The maximum absolute atomic E-state index is 3.88. The highest BCUT2D eigenvalue weighted by Gasteiger charge is 2.33. The van der Waals surface area contributed by atoms with E-state index in [1.54, 1.807) is 0 Å². The van der Waals surface area contributed by atoms with Gasteiger partial charge in [0, 0.05) is 0 Å². The van der Waals surface area contributed by atoms with E-state index in [1.807, 2.05) is 41.5 Å². The first-order chi connectivity index (χ1) is 18.6. The second kappa shape index (κ2) is 10.8. The van der Waals surface area contributed by atoms with Gasteiger partial charge in [0.05, 0.1) is 16.2 Å². The molecule has 6 aromatic heterocycles. The normalized spacial score (nSPS) is 11.8. The molecular formula is C15H24N24. The summed E-state index contributed by atoms with van der Waals surface area (Å²) in [6.45, 7) is 11.3. The van der Waals surface area contributed by atoms with Crippen LogP contribution in [0, 0.1) is 0 Å². The van der Waals surface area contributed by atoms with Gasteiger partial charge in [0.1, 0.15) is 0 Å². The fourth-order valence-corrected chi connectivity index (χ4v) is 2.86. The van der Waals surface area contributed by atoms with Gasteiger partial charge in [-0.2, -0.15) is 31.3 Å². The van der Waals surface area contributed by atoms with E-state index in [4.69, 9.17) is 0 Å². The molecule has 0 aliphatic rings. The SMILES string of the molecule is CC(C)(c1nn[nH]n1)c1nn[nH]n1.CC(C)(c1nn[nH]n1)c1nn[nH]n1.CC(C)(c1nn[nH]n1)c1nn[nH]n1. The number of rotatable bonds is 6. The van der Waals surface area contributed by atoms with Crippen molar-refractivity contribution in [3.8, 4) is 0 Å². The Hall–Kier alpha value is -5.58. The first kappa shape index (κ1) is 26.5. The quantitative estimate of drug-likeness (QED) is 0.123. The number of hydrogen-bond acceptors (Lipinski definition) is 18. The summed E-state index contributed by atoms with van der Waals surface area (Å²) < 4.78 is 0. The maximum Gasteiger partial charge on any atom is 0.187 e. The van der Waals surface area contributed by atoms with E-state index in [2.05, 4.69) is 124 Å². The van der Waals surface area contributed by atoms with Gasteiger partial charge < -0.3 is 0 Å². The molecule has 0 spiro atoms. The lowest BCUT2D eigenvalue weighted by atomic mass is 9.92. The van der Waals surface area contributed by atoms with Crippen molar-refractivity contribution in [2.75, 3.05) is 0 Å². The summed E-state index contributed by atoms with van der Waals surface area (Å²) in [6.07, 6.45) is 0. The topological polar surface area (TPSA) is 327 Å². The lowest BCUT2D eigenvalue weighted by Gasteiger charge is -2.13. The Labute approximate surface area is 217 Å². The smallest absolute Gasteiger partial charge is 0.177 e. The molecule has 0 saturated carbocycles. The molecule has 204 valence electrons. The third-order valence-electron chi connectivity index (χ3n) is 5.43. The molecule has 0 unspecified atom stereocenters. The summed E-state index contributed by atoms with van der Waals surface area (Å²) in [5.41, 5.74) is -1.46. The number of aromatic amines is 6. The zero-order chi connectivity index (χ0) is 27.9. The number of tetrazole rings is 6. The minimum Gasteiger partial charge on any atom is -0.177 e. The molecule has 0 fully saturated rings. The van der Waals surface area contributed by atoms with Gasteiger partial charge in [0.2, 0.25) is 0 Å². The van der Waals surface area contributed by atoms with E-state index in [0.717, 1.165) is 0 Å². The van der Waals surface area contributed by atoms with Crippen LogP contribution in [0.25, 0.3) is 0 Å². The highest BCUT2D eigenvalue weighted by molar-refractivity contribution is 5.15. The van der Waals surface area contributed by atoms with Crippen molar-refractivity contribution < 1.29 is 0 Å². The molecule has 6 heterocycles. The molecule has 6 N–H and O–H groups in total. The van der Waals surface area contributed by atoms with Crippen molar-refractivity contribution >= 4 is 0 Å². The van der Waals surface area contributed by atoms with E-state index >= 15 is 0 Å². The molecule has 0 aliphatic heterocycles. The Morgan fingerprint density at radius 1 is 0.308 bits per heavy atom. The van der Waals surface area contributed by atoms with Gasteiger partial charge in [-0.05, 0) is 41.5 Å². The maximum atomic E-state index is 3.88. The molecule has 0 atom stereocenters. The van der Waals surface area contributed by atoms with Crippen LogP contribution in [0.2, 0.25) is 0 Å². The molecule has 6 rings (SSSR count). The molecule has 0 amide bonds. The Kier molecular flexibility index (Phi) is 7.34. The van der Waals surface area contributed by atoms with Gasteiger partial charge in [-0.15, -0.1) is 61.2 Å². The van der Waals surface area contributed by atoms with Crippen molar-refractivity contribution in [2.24, 2.45) is 0 Å². The summed E-state index contributed by atoms with van der Waals surface area (Å²) in [6, 6.07) is 0. The Bertz CT molecular complexity index is 1150. The number of hydrogen-bond donors (Lipinski definition) is 6. The highest BCUT2D eigenvalue weighted by Crippen LogP contribution is 2.25. The van der Waals surface area contributed by atoms with E-state index in [9.17, 15) is 0 Å². The zero-order valence-electron chi connectivity index (χ0n) is 21.5. The van der Waals surface area contributed by atoms with Crippen molar-refractivity contribution in [1.82, 2.24) is 124 Å². The fourth-order valence-electron chi connectivity index (χ4n) is 2.86. The van der Waals surface area contributed by atoms with Gasteiger partial charge >= 0.3 is 0 Å². The van der Waals surface area contributed by atoms with Crippen molar-refractivity contribution in [3.63, 3.8) is 0 Å². The molecular weight excluding hydrogens is 516 g/mol. The number of aromatic nitrogens is 24. The molecule has 0 saturated heterocycles. The second-order valence-corrected chi connectivity index (χ2v) is 9.29. The van der Waals surface area contributed by atoms with Crippen molar-refractivity contribution in [1.29, 1.82) is 0 Å². The lowest BCUT2D eigenvalue weighted by molar-refractivity contribution is 0.551. The zero-order valence-corrected chi connectivity index (χ0v) is 21.5. The standard InChI is InChI=1S/3C5H8N8/c3*1-5(2,3-6-10-11-7-3)4-8-12-13-9-4/h3*1-2H3,(H,6,7,10,11)(H,8,9,12,13). The minimum absolute atomic E-state index is 0.486. The Balaban J connectivity index is 0.000000136. The summed E-state index contributed by atoms with van der Waals surface area (Å²) in [5, 5.41) is 81.6. The summed E-state index contributed by atoms with van der Waals surface area (Å²) in [4.78, 5) is 0. The summed E-state index contributed by atoms with van der Waals surface area (Å²) in [7, 11) is 0. The summed E-state index contributed by atoms with van der Waals surface area (Å²) >= 11 is 0. The average Bonchev–Trinajstić information content (AvgIpc) is 3.82. The van der Waals surface area contributed by atoms with Crippen LogP contribution in [0.3, 0.4) is 0 Å². The molecule has 39 heavy (non-hydrogen) atoms. The van der Waals surface area contributed by atoms with Gasteiger partial charge in [0.15, 0.2) is 34.9 Å². The molecule has 0 radical (unpaired) electrons. The molecule has 6 aromatic rings. The van der Waals surface area contributed by atoms with Crippen LogP contribution >= 0.6 is 0 Å². The monoisotopic (exact) mass is 540 g/mol. The minimum atomic E-state index is -0.486. The van der Waals surface area contributed by atoms with Crippen molar-refractivity contribution in [2.45, 2.75) is 57.8 Å². The van der Waals surface area contributed by atoms with Crippen LogP contribution in [-0.2, 0) is 16.2 Å². The van der Waals surface area contributed by atoms with Crippen LogP contribution in [0.4, 0.5) is 0 Å². The van der Waals surface area contributed by atoms with Gasteiger partial charge in [-0.25, -0.2) is 0 Å². The largest absolute Gasteiger partial charge is 0.187 e. The van der Waals surface area contributed by atoms with E-state index in [-0.39, 0.29) is 0 Å². The Morgan fingerprint density at radius 3 is 0.564 bits per heavy atom. The van der Waals surface area contributed by atoms with Crippen LogP contribution in [0.15, 0.2) is 0 Å². The predicted molar refractivity (Wildman–Crippen MR) is 121 cm³/mol. The van der Waals surface area contributed by atoms with Crippen LogP contribution in [0.5, 0.6) is 0 Å². The third-order valence-corrected chi connectivity index (χ3v) is 5.43. The van der Waals surface area contributed by atoms with Gasteiger partial charge in [-0.1, -0.05) is 31.3 Å². The van der Waals surface area contributed by atoms with Gasteiger partial charge in [0.25, 0.3) is 0 Å². The number of H-pyrrole nitrogens is 6. The lowest BCUT2D eigenvalue weighted by Crippen LogP contribution is -2.22. The third kappa shape index (κ3) is 5.72. The van der Waals surface area contributed by atoms with Crippen LogP contribution in [0.1, 0.15) is 76.5 Å². The van der Waals surface area contributed by atoms with Crippen LogP contribution < -0.4 is 0 Å².